The summed E-state index contributed by atoms with van der Waals surface area (Å²) in [6, 6.07) is 6.52. The molecule has 0 saturated heterocycles. The summed E-state index contributed by atoms with van der Waals surface area (Å²) in [4.78, 5) is 15.8. The molecule has 0 radical (unpaired) electrons. The highest BCUT2D eigenvalue weighted by Gasteiger charge is 2.36. The Hall–Kier alpha value is -2.73. The van der Waals surface area contributed by atoms with Crippen LogP contribution in [0.4, 0.5) is 18.0 Å². The number of rotatable bonds is 4. The second kappa shape index (κ2) is 6.88. The molecule has 0 aliphatic heterocycles. The van der Waals surface area contributed by atoms with E-state index in [2.05, 4.69) is 20.4 Å². The molecule has 2 aromatic heterocycles. The van der Waals surface area contributed by atoms with Gasteiger partial charge in [-0.1, -0.05) is 41.1 Å². The van der Waals surface area contributed by atoms with Gasteiger partial charge in [0.05, 0.1) is 5.02 Å². The van der Waals surface area contributed by atoms with Crippen molar-refractivity contribution in [3.63, 3.8) is 0 Å². The lowest BCUT2D eigenvalue weighted by Crippen LogP contribution is -2.09. The van der Waals surface area contributed by atoms with Crippen LogP contribution in [0.15, 0.2) is 24.3 Å². The average molecular weight is 406 g/mol. The van der Waals surface area contributed by atoms with Crippen molar-refractivity contribution < 1.29 is 27.8 Å². The fourth-order valence-corrected chi connectivity index (χ4v) is 3.05. The normalized spacial score (nSPS) is 11.5. The van der Waals surface area contributed by atoms with E-state index in [-0.39, 0.29) is 22.3 Å². The summed E-state index contributed by atoms with van der Waals surface area (Å²) >= 11 is 6.91. The van der Waals surface area contributed by atoms with Gasteiger partial charge in [-0.2, -0.15) is 18.0 Å². The third kappa shape index (κ3) is 3.91. The van der Waals surface area contributed by atoms with Gasteiger partial charge in [0.1, 0.15) is 17.2 Å². The van der Waals surface area contributed by atoms with E-state index in [1.807, 2.05) is 0 Å². The molecule has 26 heavy (non-hydrogen) atoms. The minimum absolute atomic E-state index is 0.0724. The lowest BCUT2D eigenvalue weighted by Gasteiger charge is -2.02. The predicted octanol–water partition coefficient (Wildman–Crippen LogP) is 3.57. The Balaban J connectivity index is 1.95. The number of nitrogens with zero attached hydrogens (tertiary/aromatic N) is 5. The minimum Gasteiger partial charge on any atom is -0.449 e. The van der Waals surface area contributed by atoms with Gasteiger partial charge >= 0.3 is 12.3 Å². The zero-order valence-corrected chi connectivity index (χ0v) is 14.0. The van der Waals surface area contributed by atoms with Gasteiger partial charge in [-0.3, -0.25) is 0 Å². The molecule has 0 amide bonds. The Kier molecular flexibility index (Phi) is 4.78. The molecule has 0 atom stereocenters. The number of hydrogen-bond donors (Lipinski definition) is 1. The molecule has 3 aromatic rings. The molecule has 13 heteroatoms. The maximum absolute atomic E-state index is 12.5. The topological polar surface area (TPSA) is 103 Å². The fourth-order valence-electron chi connectivity index (χ4n) is 1.93. The Morgan fingerprint density at radius 3 is 2.69 bits per heavy atom. The summed E-state index contributed by atoms with van der Waals surface area (Å²) in [7, 11) is 0. The molecule has 2 heterocycles. The van der Waals surface area contributed by atoms with E-state index in [0.29, 0.717) is 15.4 Å². The quantitative estimate of drug-likeness (QED) is 0.662. The van der Waals surface area contributed by atoms with Crippen LogP contribution in [0.2, 0.25) is 5.02 Å². The second-order valence-electron chi connectivity index (χ2n) is 4.73. The lowest BCUT2D eigenvalue weighted by molar-refractivity contribution is -0.145. The number of hydrogen-bond acceptors (Lipinski definition) is 7. The van der Waals surface area contributed by atoms with Crippen molar-refractivity contribution >= 4 is 29.1 Å². The summed E-state index contributed by atoms with van der Waals surface area (Å²) in [5.74, 6) is -1.39. The number of carboxylic acid groups (broad SMARTS) is 1. The summed E-state index contributed by atoms with van der Waals surface area (Å²) in [5, 5.41) is 18.7. The molecule has 0 spiro atoms. The summed E-state index contributed by atoms with van der Waals surface area (Å²) in [6.45, 7) is -0.256. The molecule has 0 aliphatic rings. The van der Waals surface area contributed by atoms with Crippen molar-refractivity contribution in [3.8, 4) is 16.3 Å². The number of tetrazole rings is 1. The smallest absolute Gasteiger partial charge is 0.449 e. The van der Waals surface area contributed by atoms with Crippen molar-refractivity contribution in [1.82, 2.24) is 25.2 Å². The molecule has 1 N–H and O–H groups in total. The third-order valence-electron chi connectivity index (χ3n) is 2.93. The Morgan fingerprint density at radius 1 is 1.35 bits per heavy atom. The summed E-state index contributed by atoms with van der Waals surface area (Å²) in [5.41, 5.74) is 0.560. The maximum atomic E-state index is 12.5. The van der Waals surface area contributed by atoms with Gasteiger partial charge in [0.15, 0.2) is 0 Å². The van der Waals surface area contributed by atoms with Gasteiger partial charge in [0.25, 0.3) is 5.82 Å². The number of benzene rings is 1. The Morgan fingerprint density at radius 2 is 2.08 bits per heavy atom. The van der Waals surface area contributed by atoms with Crippen LogP contribution in [0.3, 0.4) is 0 Å². The van der Waals surface area contributed by atoms with Crippen LogP contribution in [0.25, 0.3) is 11.3 Å². The Labute approximate surface area is 151 Å². The molecule has 8 nitrogen and oxygen atoms in total. The van der Waals surface area contributed by atoms with E-state index in [9.17, 15) is 18.0 Å². The van der Waals surface area contributed by atoms with E-state index in [1.54, 1.807) is 24.3 Å². The molecule has 0 bridgehead atoms. The average Bonchev–Trinajstić information content (AvgIpc) is 3.15. The zero-order chi connectivity index (χ0) is 18.9. The second-order valence-corrected chi connectivity index (χ2v) is 6.19. The monoisotopic (exact) mass is 405 g/mol. The first-order valence-electron chi connectivity index (χ1n) is 6.74. The molecule has 1 aromatic carbocycles. The van der Waals surface area contributed by atoms with E-state index < -0.39 is 18.2 Å². The van der Waals surface area contributed by atoms with Crippen LogP contribution in [-0.4, -0.2) is 36.5 Å². The number of halogens is 4. The largest absolute Gasteiger partial charge is 0.512 e. The standard InChI is InChI=1S/C13H7ClF3N5O3S/c14-7-4-2-1-3-6(7)9-10(25-12(23)24)26-8(18-9)5-22-20-11(19-21-22)13(15,16)17/h1-4H,5H2,(H,23,24). The number of aromatic nitrogens is 5. The molecule has 136 valence electrons. The highest BCUT2D eigenvalue weighted by molar-refractivity contribution is 7.14. The van der Waals surface area contributed by atoms with Crippen molar-refractivity contribution in [2.24, 2.45) is 0 Å². The maximum Gasteiger partial charge on any atom is 0.512 e. The highest BCUT2D eigenvalue weighted by atomic mass is 35.5. The van der Waals surface area contributed by atoms with Gasteiger partial charge in [-0.25, -0.2) is 9.78 Å². The predicted molar refractivity (Wildman–Crippen MR) is 83.1 cm³/mol. The van der Waals surface area contributed by atoms with Crippen molar-refractivity contribution in [3.05, 3.63) is 40.1 Å². The van der Waals surface area contributed by atoms with Gasteiger partial charge < -0.3 is 9.84 Å². The summed E-state index contributed by atoms with van der Waals surface area (Å²) < 4.78 is 42.3. The van der Waals surface area contributed by atoms with Crippen LogP contribution in [-0.2, 0) is 12.7 Å². The van der Waals surface area contributed by atoms with Crippen molar-refractivity contribution in [1.29, 1.82) is 0 Å². The number of thiazole rings is 1. The SMILES string of the molecule is O=C(O)Oc1sc(Cn2nnc(C(F)(F)F)n2)nc1-c1ccccc1Cl. The highest BCUT2D eigenvalue weighted by Crippen LogP contribution is 2.39. The van der Waals surface area contributed by atoms with Crippen LogP contribution in [0, 0.1) is 0 Å². The van der Waals surface area contributed by atoms with Gasteiger partial charge in [-0.15, -0.1) is 10.2 Å². The van der Waals surface area contributed by atoms with Crippen LogP contribution in [0.5, 0.6) is 5.06 Å². The lowest BCUT2D eigenvalue weighted by atomic mass is 10.2. The fraction of sp³-hybridized carbons (Fsp3) is 0.154. The number of ether oxygens (including phenoxy) is 1. The molecule has 0 unspecified atom stereocenters. The third-order valence-corrected chi connectivity index (χ3v) is 4.18. The molecule has 0 saturated carbocycles. The van der Waals surface area contributed by atoms with E-state index in [1.165, 1.54) is 0 Å². The van der Waals surface area contributed by atoms with Crippen molar-refractivity contribution in [2.45, 2.75) is 12.7 Å². The molecular formula is C13H7ClF3N5O3S. The first-order valence-corrected chi connectivity index (χ1v) is 7.94. The molecule has 0 fully saturated rings. The van der Waals surface area contributed by atoms with E-state index in [4.69, 9.17) is 21.4 Å². The molecule has 3 rings (SSSR count). The first-order chi connectivity index (χ1) is 12.2. The molecule has 0 aliphatic carbocycles. The van der Waals surface area contributed by atoms with Crippen LogP contribution in [0.1, 0.15) is 10.8 Å². The zero-order valence-electron chi connectivity index (χ0n) is 12.4. The van der Waals surface area contributed by atoms with Gasteiger partial charge in [0.2, 0.25) is 5.06 Å². The van der Waals surface area contributed by atoms with Gasteiger partial charge in [0, 0.05) is 5.56 Å². The van der Waals surface area contributed by atoms with Crippen molar-refractivity contribution in [2.75, 3.05) is 0 Å². The van der Waals surface area contributed by atoms with E-state index >= 15 is 0 Å². The van der Waals surface area contributed by atoms with Crippen LogP contribution < -0.4 is 4.74 Å². The summed E-state index contributed by atoms with van der Waals surface area (Å²) in [6.07, 6.45) is -6.28. The van der Waals surface area contributed by atoms with Crippen LogP contribution >= 0.6 is 22.9 Å². The van der Waals surface area contributed by atoms with E-state index in [0.717, 1.165) is 11.3 Å². The molecular weight excluding hydrogens is 399 g/mol. The van der Waals surface area contributed by atoms with Gasteiger partial charge in [-0.05, 0) is 11.3 Å². The number of alkyl halides is 3. The Bertz CT molecular complexity index is 959. The first kappa shape index (κ1) is 18.1. The minimum atomic E-state index is -4.72. The number of carbonyl (C=O) groups is 1.